The largest absolute Gasteiger partial charge is 1.00 e. The van der Waals surface area contributed by atoms with Gasteiger partial charge < -0.3 is 24.8 Å². The SMILES string of the molecule is [CH2]C(=C)C.[Cl-].[Cl-].[Sb]. The predicted molar refractivity (Wildman–Crippen MR) is 25.9 cm³/mol. The molecular formula is C4H7Cl2Sb-2. The minimum Gasteiger partial charge on any atom is -1.00 e. The Morgan fingerprint density at radius 3 is 1.29 bits per heavy atom. The second-order valence-corrected chi connectivity index (χ2v) is 0.957. The average Bonchev–Trinajstić information content (AvgIpc) is 0.811. The van der Waals surface area contributed by atoms with E-state index in [4.69, 9.17) is 0 Å². The summed E-state index contributed by atoms with van der Waals surface area (Å²) in [5.41, 5.74) is 0.917. The van der Waals surface area contributed by atoms with Gasteiger partial charge in [0.05, 0.1) is 0 Å². The Kier molecular flexibility index (Phi) is 54.3. The molecule has 0 atom stereocenters. The summed E-state index contributed by atoms with van der Waals surface area (Å²) in [4.78, 5) is 0. The van der Waals surface area contributed by atoms with Crippen molar-refractivity contribution >= 4 is 24.4 Å². The molecule has 3 heteroatoms. The average molecular weight is 248 g/mol. The topological polar surface area (TPSA) is 0 Å². The zero-order valence-corrected chi connectivity index (χ0v) is 8.18. The molecule has 44 valence electrons. The summed E-state index contributed by atoms with van der Waals surface area (Å²) in [5, 5.41) is 0. The maximum Gasteiger partial charge on any atom is 0 e. The van der Waals surface area contributed by atoms with Gasteiger partial charge in [0.15, 0.2) is 0 Å². The first kappa shape index (κ1) is 24.2. The van der Waals surface area contributed by atoms with Crippen LogP contribution in [0.1, 0.15) is 6.92 Å². The van der Waals surface area contributed by atoms with Crippen LogP contribution in [0.15, 0.2) is 12.2 Å². The minimum absolute atomic E-state index is 0. The predicted octanol–water partition coefficient (Wildman–Crippen LogP) is -4.98. The number of allylic oxidation sites excluding steroid dienone is 1. The van der Waals surface area contributed by atoms with Crippen molar-refractivity contribution in [2.24, 2.45) is 0 Å². The Labute approximate surface area is 75.0 Å². The number of halogens is 2. The Hall–Kier alpha value is 1.14. The summed E-state index contributed by atoms with van der Waals surface area (Å²) in [6.45, 7) is 8.75. The van der Waals surface area contributed by atoms with Crippen LogP contribution in [0.5, 0.6) is 0 Å². The van der Waals surface area contributed by atoms with Crippen molar-refractivity contribution in [1.29, 1.82) is 0 Å². The molecule has 0 rings (SSSR count). The van der Waals surface area contributed by atoms with Gasteiger partial charge in [0.25, 0.3) is 0 Å². The van der Waals surface area contributed by atoms with Gasteiger partial charge in [0, 0.05) is 24.4 Å². The van der Waals surface area contributed by atoms with Gasteiger partial charge >= 0.3 is 0 Å². The van der Waals surface area contributed by atoms with Crippen LogP contribution in [0.25, 0.3) is 0 Å². The fourth-order valence-electron chi connectivity index (χ4n) is 0. The fourth-order valence-corrected chi connectivity index (χ4v) is 0. The molecule has 0 aromatic rings. The third-order valence-corrected chi connectivity index (χ3v) is 0. The van der Waals surface area contributed by atoms with E-state index in [-0.39, 0.29) is 49.2 Å². The maximum atomic E-state index is 3.44. The first-order chi connectivity index (χ1) is 1.73. The quantitative estimate of drug-likeness (QED) is 0.377. The van der Waals surface area contributed by atoms with E-state index in [0.29, 0.717) is 0 Å². The molecule has 0 N–H and O–H groups in total. The van der Waals surface area contributed by atoms with Gasteiger partial charge in [-0.3, -0.25) is 0 Å². The molecule has 0 aliphatic heterocycles. The van der Waals surface area contributed by atoms with E-state index < -0.39 is 0 Å². The van der Waals surface area contributed by atoms with E-state index in [1.807, 2.05) is 6.92 Å². The third-order valence-electron chi connectivity index (χ3n) is 0. The molecule has 0 spiro atoms. The van der Waals surface area contributed by atoms with Gasteiger partial charge in [-0.2, -0.15) is 0 Å². The van der Waals surface area contributed by atoms with Gasteiger partial charge in [-0.15, -0.1) is 6.58 Å². The second kappa shape index (κ2) is 15.7. The van der Waals surface area contributed by atoms with Gasteiger partial charge in [-0.25, -0.2) is 0 Å². The van der Waals surface area contributed by atoms with Crippen molar-refractivity contribution in [3.63, 3.8) is 0 Å². The maximum absolute atomic E-state index is 3.44. The van der Waals surface area contributed by atoms with Crippen molar-refractivity contribution < 1.29 is 24.8 Å². The first-order valence-electron chi connectivity index (χ1n) is 1.21. The van der Waals surface area contributed by atoms with E-state index in [1.165, 1.54) is 0 Å². The molecule has 7 heavy (non-hydrogen) atoms. The van der Waals surface area contributed by atoms with Crippen molar-refractivity contribution in [3.05, 3.63) is 19.1 Å². The molecule has 0 amide bonds. The summed E-state index contributed by atoms with van der Waals surface area (Å²) in [6, 6.07) is 0. The Balaban J connectivity index is -0.0000000150. The van der Waals surface area contributed by atoms with E-state index in [2.05, 4.69) is 13.5 Å². The molecular weight excluding hydrogens is 241 g/mol. The fraction of sp³-hybridized carbons (Fsp3) is 0.250. The Morgan fingerprint density at radius 2 is 1.29 bits per heavy atom. The second-order valence-electron chi connectivity index (χ2n) is 0.957. The summed E-state index contributed by atoms with van der Waals surface area (Å²) in [6.07, 6.45) is 0. The zero-order valence-electron chi connectivity index (χ0n) is 4.12. The van der Waals surface area contributed by atoms with Crippen LogP contribution in [0.4, 0.5) is 0 Å². The van der Waals surface area contributed by atoms with Gasteiger partial charge in [-0.1, -0.05) is 5.57 Å². The molecule has 0 saturated carbocycles. The molecule has 0 aliphatic rings. The molecule has 0 nitrogen and oxygen atoms in total. The molecule has 0 unspecified atom stereocenters. The van der Waals surface area contributed by atoms with Crippen LogP contribution < -0.4 is 24.8 Å². The summed E-state index contributed by atoms with van der Waals surface area (Å²) < 4.78 is 0. The van der Waals surface area contributed by atoms with Crippen molar-refractivity contribution in [2.45, 2.75) is 6.92 Å². The molecule has 4 radical (unpaired) electrons. The molecule has 0 bridgehead atoms. The first-order valence-corrected chi connectivity index (χ1v) is 1.21. The van der Waals surface area contributed by atoms with Crippen LogP contribution in [-0.2, 0) is 0 Å². The van der Waals surface area contributed by atoms with E-state index in [0.717, 1.165) is 5.57 Å². The summed E-state index contributed by atoms with van der Waals surface area (Å²) in [7, 11) is 0. The molecule has 0 fully saturated rings. The van der Waals surface area contributed by atoms with Crippen LogP contribution >= 0.6 is 0 Å². The smallest absolute Gasteiger partial charge is 0 e. The van der Waals surface area contributed by atoms with Crippen LogP contribution in [0, 0.1) is 6.92 Å². The number of rotatable bonds is 0. The monoisotopic (exact) mass is 246 g/mol. The van der Waals surface area contributed by atoms with E-state index in [1.54, 1.807) is 0 Å². The Bertz CT molecular complexity index is 32.7. The molecule has 0 aliphatic carbocycles. The number of hydrogen-bond acceptors (Lipinski definition) is 0. The van der Waals surface area contributed by atoms with Crippen LogP contribution in [-0.4, -0.2) is 24.4 Å². The molecule has 0 saturated heterocycles. The zero-order chi connectivity index (χ0) is 3.58. The van der Waals surface area contributed by atoms with Crippen LogP contribution in [0.3, 0.4) is 0 Å². The minimum atomic E-state index is 0. The summed E-state index contributed by atoms with van der Waals surface area (Å²) in [5.74, 6) is 0. The Morgan fingerprint density at radius 1 is 1.29 bits per heavy atom. The van der Waals surface area contributed by atoms with E-state index >= 15 is 0 Å². The third kappa shape index (κ3) is 145. The number of hydrogen-bond donors (Lipinski definition) is 0. The molecule has 0 aromatic heterocycles. The normalized spacial score (nSPS) is 3.71. The van der Waals surface area contributed by atoms with E-state index in [9.17, 15) is 0 Å². The standard InChI is InChI=1S/C4H7.2ClH.Sb/c1-4(2)3;;;/h1-2H2,3H3;2*1H;/p-2. The van der Waals surface area contributed by atoms with Gasteiger partial charge in [-0.05, 0) is 13.8 Å². The molecule has 0 heterocycles. The van der Waals surface area contributed by atoms with Gasteiger partial charge in [0.1, 0.15) is 0 Å². The van der Waals surface area contributed by atoms with Crippen molar-refractivity contribution in [2.75, 3.05) is 0 Å². The van der Waals surface area contributed by atoms with Gasteiger partial charge in [0.2, 0.25) is 0 Å². The van der Waals surface area contributed by atoms with Crippen LogP contribution in [0.2, 0.25) is 0 Å². The van der Waals surface area contributed by atoms with Crippen molar-refractivity contribution in [3.8, 4) is 0 Å². The van der Waals surface area contributed by atoms with Crippen molar-refractivity contribution in [1.82, 2.24) is 0 Å². The summed E-state index contributed by atoms with van der Waals surface area (Å²) >= 11 is 0. The molecule has 0 aromatic carbocycles.